The largest absolute Gasteiger partial charge is 0.476 e. The van der Waals surface area contributed by atoms with Crippen molar-refractivity contribution in [2.24, 2.45) is 0 Å². The maximum atomic E-state index is 11.0. The molecule has 1 amide bonds. The zero-order chi connectivity index (χ0) is 14.0. The standard InChI is InChI=1S/C12H14ClN3O3/c1-7(17)14-8-4-5-16(6-8)10-3-2-9(13)11(15-10)12(18)19/h2-3,8H,4-6H2,1H3,(H,14,17)(H,18,19). The number of hydrogen-bond donors (Lipinski definition) is 2. The summed E-state index contributed by atoms with van der Waals surface area (Å²) in [6, 6.07) is 3.28. The molecule has 1 unspecified atom stereocenters. The Kier molecular flexibility index (Phi) is 3.90. The summed E-state index contributed by atoms with van der Waals surface area (Å²) in [6.07, 6.45) is 0.812. The molecule has 1 atom stereocenters. The van der Waals surface area contributed by atoms with Crippen LogP contribution in [0.25, 0.3) is 0 Å². The summed E-state index contributed by atoms with van der Waals surface area (Å²) >= 11 is 5.78. The summed E-state index contributed by atoms with van der Waals surface area (Å²) < 4.78 is 0. The van der Waals surface area contributed by atoms with Crippen LogP contribution >= 0.6 is 11.6 Å². The van der Waals surface area contributed by atoms with E-state index in [4.69, 9.17) is 16.7 Å². The summed E-state index contributed by atoms with van der Waals surface area (Å²) in [5.74, 6) is -0.652. The average Bonchev–Trinajstić information content (AvgIpc) is 2.76. The van der Waals surface area contributed by atoms with Gasteiger partial charge in [-0.05, 0) is 18.6 Å². The van der Waals surface area contributed by atoms with E-state index >= 15 is 0 Å². The number of aromatic nitrogens is 1. The van der Waals surface area contributed by atoms with Crippen molar-refractivity contribution in [3.63, 3.8) is 0 Å². The van der Waals surface area contributed by atoms with Gasteiger partial charge in [0, 0.05) is 26.1 Å². The summed E-state index contributed by atoms with van der Waals surface area (Å²) in [4.78, 5) is 27.9. The lowest BCUT2D eigenvalue weighted by Gasteiger charge is -2.18. The van der Waals surface area contributed by atoms with Gasteiger partial charge in [-0.15, -0.1) is 0 Å². The third-order valence-corrected chi connectivity index (χ3v) is 3.26. The highest BCUT2D eigenvalue weighted by Crippen LogP contribution is 2.22. The molecule has 0 aromatic carbocycles. The number of carboxylic acids is 1. The highest BCUT2D eigenvalue weighted by Gasteiger charge is 2.25. The Morgan fingerprint density at radius 1 is 1.53 bits per heavy atom. The van der Waals surface area contributed by atoms with Gasteiger partial charge in [0.15, 0.2) is 5.69 Å². The van der Waals surface area contributed by atoms with Crippen molar-refractivity contribution >= 4 is 29.3 Å². The van der Waals surface area contributed by atoms with Crippen molar-refractivity contribution in [3.05, 3.63) is 22.8 Å². The lowest BCUT2D eigenvalue weighted by atomic mass is 10.2. The van der Waals surface area contributed by atoms with E-state index in [0.717, 1.165) is 13.0 Å². The van der Waals surface area contributed by atoms with Gasteiger partial charge in [-0.1, -0.05) is 11.6 Å². The third kappa shape index (κ3) is 3.14. The quantitative estimate of drug-likeness (QED) is 0.869. The van der Waals surface area contributed by atoms with Gasteiger partial charge >= 0.3 is 5.97 Å². The second kappa shape index (κ2) is 5.44. The van der Waals surface area contributed by atoms with Gasteiger partial charge < -0.3 is 15.3 Å². The number of carbonyl (C=O) groups is 2. The van der Waals surface area contributed by atoms with Crippen LogP contribution < -0.4 is 10.2 Å². The average molecular weight is 284 g/mol. The number of nitrogens with zero attached hydrogens (tertiary/aromatic N) is 2. The van der Waals surface area contributed by atoms with Crippen molar-refractivity contribution in [1.82, 2.24) is 10.3 Å². The Balaban J connectivity index is 2.13. The first kappa shape index (κ1) is 13.6. The van der Waals surface area contributed by atoms with Crippen LogP contribution in [0.3, 0.4) is 0 Å². The van der Waals surface area contributed by atoms with Crippen LogP contribution in [-0.2, 0) is 4.79 Å². The van der Waals surface area contributed by atoms with Crippen LogP contribution in [0.2, 0.25) is 5.02 Å². The molecular formula is C12H14ClN3O3. The zero-order valence-electron chi connectivity index (χ0n) is 10.4. The SMILES string of the molecule is CC(=O)NC1CCN(c2ccc(Cl)c(C(=O)O)n2)C1. The molecule has 7 heteroatoms. The van der Waals surface area contributed by atoms with Crippen LogP contribution in [0, 0.1) is 0 Å². The fourth-order valence-electron chi connectivity index (χ4n) is 2.13. The molecule has 1 aliphatic heterocycles. The minimum atomic E-state index is -1.15. The summed E-state index contributed by atoms with van der Waals surface area (Å²) in [5, 5.41) is 11.9. The number of nitrogens with one attached hydrogen (secondary N) is 1. The molecule has 0 saturated carbocycles. The molecular weight excluding hydrogens is 270 g/mol. The van der Waals surface area contributed by atoms with E-state index in [0.29, 0.717) is 12.4 Å². The van der Waals surface area contributed by atoms with Crippen LogP contribution in [0.4, 0.5) is 5.82 Å². The normalized spacial score (nSPS) is 18.4. The summed E-state index contributed by atoms with van der Waals surface area (Å²) in [7, 11) is 0. The molecule has 0 aliphatic carbocycles. The maximum Gasteiger partial charge on any atom is 0.356 e. The number of halogens is 1. The van der Waals surface area contributed by atoms with Crippen molar-refractivity contribution in [1.29, 1.82) is 0 Å². The lowest BCUT2D eigenvalue weighted by molar-refractivity contribution is -0.119. The number of amides is 1. The van der Waals surface area contributed by atoms with Gasteiger partial charge in [0.25, 0.3) is 0 Å². The molecule has 1 aromatic rings. The monoisotopic (exact) mass is 283 g/mol. The van der Waals surface area contributed by atoms with E-state index in [1.807, 2.05) is 4.90 Å². The third-order valence-electron chi connectivity index (χ3n) is 2.95. The second-order valence-electron chi connectivity index (χ2n) is 4.44. The molecule has 2 rings (SSSR count). The van der Waals surface area contributed by atoms with Gasteiger partial charge in [0.05, 0.1) is 5.02 Å². The van der Waals surface area contributed by atoms with Crippen molar-refractivity contribution < 1.29 is 14.7 Å². The first-order valence-corrected chi connectivity index (χ1v) is 6.27. The fraction of sp³-hybridized carbons (Fsp3) is 0.417. The predicted octanol–water partition coefficient (Wildman–Crippen LogP) is 1.15. The summed E-state index contributed by atoms with van der Waals surface area (Å²) in [6.45, 7) is 2.82. The number of pyridine rings is 1. The van der Waals surface area contributed by atoms with Crippen LogP contribution in [0.5, 0.6) is 0 Å². The predicted molar refractivity (Wildman–Crippen MR) is 70.6 cm³/mol. The maximum absolute atomic E-state index is 11.0. The molecule has 102 valence electrons. The molecule has 1 saturated heterocycles. The minimum absolute atomic E-state index is 0.0675. The molecule has 1 aliphatic rings. The molecule has 0 spiro atoms. The molecule has 0 bridgehead atoms. The Morgan fingerprint density at radius 2 is 2.26 bits per heavy atom. The Labute approximate surface area is 115 Å². The smallest absolute Gasteiger partial charge is 0.356 e. The minimum Gasteiger partial charge on any atom is -0.476 e. The van der Waals surface area contributed by atoms with Crippen LogP contribution in [0.15, 0.2) is 12.1 Å². The number of aromatic carboxylic acids is 1. The number of carbonyl (C=O) groups excluding carboxylic acids is 1. The molecule has 19 heavy (non-hydrogen) atoms. The molecule has 1 aromatic heterocycles. The number of anilines is 1. The molecule has 2 heterocycles. The van der Waals surface area contributed by atoms with E-state index in [-0.39, 0.29) is 22.7 Å². The van der Waals surface area contributed by atoms with Crippen LogP contribution in [-0.4, -0.2) is 41.1 Å². The van der Waals surface area contributed by atoms with Crippen molar-refractivity contribution in [2.45, 2.75) is 19.4 Å². The van der Waals surface area contributed by atoms with Gasteiger partial charge in [-0.25, -0.2) is 9.78 Å². The highest BCUT2D eigenvalue weighted by molar-refractivity contribution is 6.33. The molecule has 2 N–H and O–H groups in total. The van der Waals surface area contributed by atoms with Crippen molar-refractivity contribution in [3.8, 4) is 0 Å². The molecule has 6 nitrogen and oxygen atoms in total. The van der Waals surface area contributed by atoms with E-state index in [9.17, 15) is 9.59 Å². The molecule has 0 radical (unpaired) electrons. The van der Waals surface area contributed by atoms with Gasteiger partial charge in [-0.3, -0.25) is 4.79 Å². The highest BCUT2D eigenvalue weighted by atomic mass is 35.5. The second-order valence-corrected chi connectivity index (χ2v) is 4.84. The van der Waals surface area contributed by atoms with Crippen LogP contribution in [0.1, 0.15) is 23.8 Å². The van der Waals surface area contributed by atoms with E-state index in [1.54, 1.807) is 6.07 Å². The first-order chi connectivity index (χ1) is 8.97. The van der Waals surface area contributed by atoms with E-state index in [1.165, 1.54) is 13.0 Å². The van der Waals surface area contributed by atoms with E-state index < -0.39 is 5.97 Å². The number of rotatable bonds is 3. The Bertz CT molecular complexity index is 521. The topological polar surface area (TPSA) is 82.5 Å². The first-order valence-electron chi connectivity index (χ1n) is 5.89. The number of hydrogen-bond acceptors (Lipinski definition) is 4. The molecule has 1 fully saturated rings. The summed E-state index contributed by atoms with van der Waals surface area (Å²) in [5.41, 5.74) is -0.151. The van der Waals surface area contributed by atoms with Gasteiger partial charge in [0.2, 0.25) is 5.91 Å². The van der Waals surface area contributed by atoms with Gasteiger partial charge in [0.1, 0.15) is 5.82 Å². The Morgan fingerprint density at radius 3 is 2.89 bits per heavy atom. The van der Waals surface area contributed by atoms with E-state index in [2.05, 4.69) is 10.3 Å². The fourth-order valence-corrected chi connectivity index (χ4v) is 2.32. The zero-order valence-corrected chi connectivity index (χ0v) is 11.1. The lowest BCUT2D eigenvalue weighted by Crippen LogP contribution is -2.35. The Hall–Kier alpha value is -1.82. The number of carboxylic acid groups (broad SMARTS) is 1. The van der Waals surface area contributed by atoms with Gasteiger partial charge in [-0.2, -0.15) is 0 Å². The van der Waals surface area contributed by atoms with Crippen molar-refractivity contribution in [2.75, 3.05) is 18.0 Å².